The van der Waals surface area contributed by atoms with Gasteiger partial charge in [-0.1, -0.05) is 30.3 Å². The maximum atomic E-state index is 12.5. The number of pyridine rings is 1. The number of amides is 2. The summed E-state index contributed by atoms with van der Waals surface area (Å²) in [4.78, 5) is 27.4. The quantitative estimate of drug-likeness (QED) is 0.728. The van der Waals surface area contributed by atoms with Crippen molar-refractivity contribution in [3.8, 4) is 11.3 Å². The van der Waals surface area contributed by atoms with Crippen molar-refractivity contribution in [2.24, 2.45) is 11.8 Å². The molecule has 0 radical (unpaired) electrons. The van der Waals surface area contributed by atoms with Gasteiger partial charge in [0.1, 0.15) is 0 Å². The lowest BCUT2D eigenvalue weighted by Crippen LogP contribution is -2.34. The van der Waals surface area contributed by atoms with E-state index in [1.807, 2.05) is 36.4 Å². The fourth-order valence-corrected chi connectivity index (χ4v) is 3.55. The zero-order valence-electron chi connectivity index (χ0n) is 15.2. The molecule has 0 spiro atoms. The molecule has 6 nitrogen and oxygen atoms in total. The van der Waals surface area contributed by atoms with Gasteiger partial charge in [0.2, 0.25) is 0 Å². The molecule has 1 saturated carbocycles. The molecule has 1 aromatic carbocycles. The van der Waals surface area contributed by atoms with E-state index in [0.29, 0.717) is 30.5 Å². The average Bonchev–Trinajstić information content (AvgIpc) is 2.72. The Kier molecular flexibility index (Phi) is 6.41. The van der Waals surface area contributed by atoms with Crippen LogP contribution in [0.4, 0.5) is 4.79 Å². The molecule has 0 atom stereocenters. The Morgan fingerprint density at radius 2 is 1.59 bits per heavy atom. The molecule has 0 saturated heterocycles. The van der Waals surface area contributed by atoms with Gasteiger partial charge in [0.25, 0.3) is 5.91 Å². The van der Waals surface area contributed by atoms with Crippen LogP contribution in [0.15, 0.2) is 48.7 Å². The van der Waals surface area contributed by atoms with Crippen LogP contribution in [0.2, 0.25) is 0 Å². The van der Waals surface area contributed by atoms with Crippen molar-refractivity contribution < 1.29 is 14.7 Å². The summed E-state index contributed by atoms with van der Waals surface area (Å²) in [6.07, 6.45) is 4.72. The topological polar surface area (TPSA) is 91.3 Å². The van der Waals surface area contributed by atoms with Crippen LogP contribution in [-0.4, -0.2) is 35.2 Å². The number of hydrogen-bond acceptors (Lipinski definition) is 3. The van der Waals surface area contributed by atoms with Gasteiger partial charge in [-0.05, 0) is 49.7 Å². The van der Waals surface area contributed by atoms with Crippen molar-refractivity contribution in [1.29, 1.82) is 0 Å². The summed E-state index contributed by atoms with van der Waals surface area (Å²) in [5.41, 5.74) is 2.39. The monoisotopic (exact) mass is 367 g/mol. The lowest BCUT2D eigenvalue weighted by atomic mass is 9.82. The second-order valence-corrected chi connectivity index (χ2v) is 7.08. The summed E-state index contributed by atoms with van der Waals surface area (Å²) in [6.45, 7) is 1.18. The van der Waals surface area contributed by atoms with E-state index in [-0.39, 0.29) is 5.91 Å². The van der Waals surface area contributed by atoms with Gasteiger partial charge in [0.15, 0.2) is 0 Å². The first-order valence-electron chi connectivity index (χ1n) is 9.38. The zero-order valence-corrected chi connectivity index (χ0v) is 15.2. The molecule has 1 fully saturated rings. The Morgan fingerprint density at radius 1 is 0.963 bits per heavy atom. The van der Waals surface area contributed by atoms with E-state index in [0.717, 1.165) is 36.9 Å². The SMILES string of the molecule is O=C(O)NCC1CCC(CNC(=O)c2ccnc(-c3ccccc3)c2)CC1. The normalized spacial score (nSPS) is 19.3. The molecule has 0 unspecified atom stereocenters. The van der Waals surface area contributed by atoms with Gasteiger partial charge in [-0.3, -0.25) is 9.78 Å². The van der Waals surface area contributed by atoms with E-state index in [1.165, 1.54) is 0 Å². The minimum absolute atomic E-state index is 0.0794. The maximum absolute atomic E-state index is 12.5. The molecule has 142 valence electrons. The van der Waals surface area contributed by atoms with E-state index in [1.54, 1.807) is 12.3 Å². The molecule has 3 N–H and O–H groups in total. The first kappa shape index (κ1) is 18.9. The summed E-state index contributed by atoms with van der Waals surface area (Å²) in [6, 6.07) is 13.4. The Morgan fingerprint density at radius 3 is 2.22 bits per heavy atom. The summed E-state index contributed by atoms with van der Waals surface area (Å²) >= 11 is 0. The summed E-state index contributed by atoms with van der Waals surface area (Å²) in [5, 5.41) is 14.2. The van der Waals surface area contributed by atoms with Crippen LogP contribution in [0.5, 0.6) is 0 Å². The molecule has 6 heteroatoms. The lowest BCUT2D eigenvalue weighted by Gasteiger charge is -2.28. The number of carboxylic acid groups (broad SMARTS) is 1. The second-order valence-electron chi connectivity index (χ2n) is 7.08. The van der Waals surface area contributed by atoms with Crippen molar-refractivity contribution >= 4 is 12.0 Å². The summed E-state index contributed by atoms with van der Waals surface area (Å²) in [7, 11) is 0. The Bertz CT molecular complexity index is 771. The van der Waals surface area contributed by atoms with E-state index in [2.05, 4.69) is 15.6 Å². The van der Waals surface area contributed by atoms with E-state index < -0.39 is 6.09 Å². The number of nitrogens with one attached hydrogen (secondary N) is 2. The third kappa shape index (κ3) is 5.54. The summed E-state index contributed by atoms with van der Waals surface area (Å²) in [5.74, 6) is 0.774. The highest BCUT2D eigenvalue weighted by Crippen LogP contribution is 2.28. The Labute approximate surface area is 159 Å². The number of carbonyl (C=O) groups excluding carboxylic acids is 1. The predicted molar refractivity (Wildman–Crippen MR) is 103 cm³/mol. The highest BCUT2D eigenvalue weighted by atomic mass is 16.4. The maximum Gasteiger partial charge on any atom is 0.404 e. The Hall–Kier alpha value is -2.89. The smallest absolute Gasteiger partial charge is 0.404 e. The minimum Gasteiger partial charge on any atom is -0.465 e. The fraction of sp³-hybridized carbons (Fsp3) is 0.381. The second kappa shape index (κ2) is 9.16. The lowest BCUT2D eigenvalue weighted by molar-refractivity contribution is 0.0940. The van der Waals surface area contributed by atoms with Crippen LogP contribution in [-0.2, 0) is 0 Å². The van der Waals surface area contributed by atoms with Crippen LogP contribution < -0.4 is 10.6 Å². The molecular weight excluding hydrogens is 342 g/mol. The van der Waals surface area contributed by atoms with Crippen molar-refractivity contribution in [3.63, 3.8) is 0 Å². The van der Waals surface area contributed by atoms with Gasteiger partial charge in [0.05, 0.1) is 5.69 Å². The van der Waals surface area contributed by atoms with Crippen molar-refractivity contribution in [2.45, 2.75) is 25.7 Å². The van der Waals surface area contributed by atoms with Gasteiger partial charge in [0, 0.05) is 30.4 Å². The molecule has 3 rings (SSSR count). The van der Waals surface area contributed by atoms with Crippen molar-refractivity contribution in [3.05, 3.63) is 54.2 Å². The highest BCUT2D eigenvalue weighted by molar-refractivity contribution is 5.95. The van der Waals surface area contributed by atoms with E-state index >= 15 is 0 Å². The molecule has 1 aliphatic carbocycles. The van der Waals surface area contributed by atoms with Crippen molar-refractivity contribution in [1.82, 2.24) is 15.6 Å². The van der Waals surface area contributed by atoms with Gasteiger partial charge in [-0.25, -0.2) is 4.79 Å². The third-order valence-electron chi connectivity index (χ3n) is 5.15. The third-order valence-corrected chi connectivity index (χ3v) is 5.15. The Balaban J connectivity index is 1.48. The standard InChI is InChI=1S/C21H25N3O3/c25-20(18-10-11-22-19(12-18)17-4-2-1-3-5-17)23-13-15-6-8-16(9-7-15)14-24-21(26)27/h1-5,10-12,15-16,24H,6-9,13-14H2,(H,23,25)(H,26,27). The molecule has 1 aliphatic rings. The van der Waals surface area contributed by atoms with Crippen molar-refractivity contribution in [2.75, 3.05) is 13.1 Å². The molecule has 1 aromatic heterocycles. The number of nitrogens with zero attached hydrogens (tertiary/aromatic N) is 1. The number of carbonyl (C=O) groups is 2. The van der Waals surface area contributed by atoms with Gasteiger partial charge < -0.3 is 15.7 Å². The molecular formula is C21H25N3O3. The first-order valence-corrected chi connectivity index (χ1v) is 9.38. The van der Waals surface area contributed by atoms with Gasteiger partial charge >= 0.3 is 6.09 Å². The van der Waals surface area contributed by atoms with Gasteiger partial charge in [-0.15, -0.1) is 0 Å². The van der Waals surface area contributed by atoms with E-state index in [9.17, 15) is 9.59 Å². The molecule has 0 aliphatic heterocycles. The molecule has 2 aromatic rings. The molecule has 27 heavy (non-hydrogen) atoms. The van der Waals surface area contributed by atoms with Crippen LogP contribution in [0, 0.1) is 11.8 Å². The van der Waals surface area contributed by atoms with Crippen LogP contribution in [0.1, 0.15) is 36.0 Å². The number of benzene rings is 1. The molecule has 1 heterocycles. The van der Waals surface area contributed by atoms with Crippen LogP contribution in [0.3, 0.4) is 0 Å². The molecule has 0 bridgehead atoms. The molecule has 2 amide bonds. The predicted octanol–water partition coefficient (Wildman–Crippen LogP) is 3.55. The van der Waals surface area contributed by atoms with Crippen LogP contribution >= 0.6 is 0 Å². The largest absolute Gasteiger partial charge is 0.465 e. The zero-order chi connectivity index (χ0) is 19.1. The van der Waals surface area contributed by atoms with Crippen LogP contribution in [0.25, 0.3) is 11.3 Å². The minimum atomic E-state index is -0.961. The number of rotatable bonds is 6. The summed E-state index contributed by atoms with van der Waals surface area (Å²) < 4.78 is 0. The number of hydrogen-bond donors (Lipinski definition) is 3. The fourth-order valence-electron chi connectivity index (χ4n) is 3.55. The number of aromatic nitrogens is 1. The van der Waals surface area contributed by atoms with E-state index in [4.69, 9.17) is 5.11 Å². The highest BCUT2D eigenvalue weighted by Gasteiger charge is 2.22. The average molecular weight is 367 g/mol. The first-order chi connectivity index (χ1) is 13.1. The van der Waals surface area contributed by atoms with Gasteiger partial charge in [-0.2, -0.15) is 0 Å².